The van der Waals surface area contributed by atoms with Gasteiger partial charge in [-0.3, -0.25) is 9.59 Å². The van der Waals surface area contributed by atoms with Crippen molar-refractivity contribution in [1.82, 2.24) is 0 Å². The first kappa shape index (κ1) is 18.2. The molecule has 0 saturated heterocycles. The molecular weight excluding hydrogens is 286 g/mol. The maximum absolute atomic E-state index is 11.3. The molecule has 1 aromatic rings. The SMILES string of the molecule is CCOC(=O)C[C@@H](N)c1ccc(OC(C)=O)c(O)c1.Cl. The van der Waals surface area contributed by atoms with Crippen molar-refractivity contribution in [3.8, 4) is 11.5 Å². The Hall–Kier alpha value is -1.79. The first-order chi connectivity index (χ1) is 8.93. The second kappa shape index (κ2) is 8.39. The zero-order chi connectivity index (χ0) is 14.4. The Morgan fingerprint density at radius 3 is 2.55 bits per heavy atom. The second-order valence-corrected chi connectivity index (χ2v) is 3.94. The number of benzene rings is 1. The molecule has 0 fully saturated rings. The van der Waals surface area contributed by atoms with Gasteiger partial charge in [0, 0.05) is 13.0 Å². The van der Waals surface area contributed by atoms with Crippen LogP contribution in [0.1, 0.15) is 31.9 Å². The molecule has 1 aromatic carbocycles. The fourth-order valence-corrected chi connectivity index (χ4v) is 1.52. The summed E-state index contributed by atoms with van der Waals surface area (Å²) >= 11 is 0. The fraction of sp³-hybridized carbons (Fsp3) is 0.385. The topological polar surface area (TPSA) is 98.9 Å². The van der Waals surface area contributed by atoms with Crippen LogP contribution >= 0.6 is 12.4 Å². The van der Waals surface area contributed by atoms with E-state index in [1.807, 2.05) is 0 Å². The predicted octanol–water partition coefficient (Wildman–Crippen LogP) is 1.69. The van der Waals surface area contributed by atoms with Crippen LogP contribution in [0.3, 0.4) is 0 Å². The second-order valence-electron chi connectivity index (χ2n) is 3.94. The average molecular weight is 304 g/mol. The number of carbonyl (C=O) groups is 2. The van der Waals surface area contributed by atoms with Gasteiger partial charge in [0.05, 0.1) is 13.0 Å². The number of phenols is 1. The highest BCUT2D eigenvalue weighted by Gasteiger charge is 2.15. The van der Waals surface area contributed by atoms with Crippen LogP contribution in [0.15, 0.2) is 18.2 Å². The number of ether oxygens (including phenoxy) is 2. The normalized spacial score (nSPS) is 11.2. The smallest absolute Gasteiger partial charge is 0.308 e. The average Bonchev–Trinajstić information content (AvgIpc) is 2.31. The van der Waals surface area contributed by atoms with Crippen molar-refractivity contribution >= 4 is 24.3 Å². The van der Waals surface area contributed by atoms with Crippen molar-refractivity contribution in [1.29, 1.82) is 0 Å². The summed E-state index contributed by atoms with van der Waals surface area (Å²) in [4.78, 5) is 22.1. The number of rotatable bonds is 5. The van der Waals surface area contributed by atoms with Crippen molar-refractivity contribution in [2.45, 2.75) is 26.3 Å². The van der Waals surface area contributed by atoms with Crippen LogP contribution in [0.25, 0.3) is 0 Å². The Kier molecular flexibility index (Phi) is 7.64. The molecule has 0 unspecified atom stereocenters. The summed E-state index contributed by atoms with van der Waals surface area (Å²) in [6.07, 6.45) is 0.0141. The van der Waals surface area contributed by atoms with Crippen LogP contribution in [0.5, 0.6) is 11.5 Å². The molecule has 112 valence electrons. The number of hydrogen-bond acceptors (Lipinski definition) is 6. The van der Waals surface area contributed by atoms with Crippen molar-refractivity contribution in [3.63, 3.8) is 0 Å². The van der Waals surface area contributed by atoms with E-state index in [1.54, 1.807) is 13.0 Å². The van der Waals surface area contributed by atoms with E-state index in [2.05, 4.69) is 0 Å². The molecule has 3 N–H and O–H groups in total. The number of carbonyl (C=O) groups excluding carboxylic acids is 2. The Morgan fingerprint density at radius 2 is 2.05 bits per heavy atom. The third-order valence-electron chi connectivity index (χ3n) is 2.36. The largest absolute Gasteiger partial charge is 0.504 e. The molecule has 0 amide bonds. The van der Waals surface area contributed by atoms with Crippen LogP contribution in [-0.4, -0.2) is 23.7 Å². The third kappa shape index (κ3) is 5.46. The number of halogens is 1. The molecule has 0 spiro atoms. The molecule has 6 nitrogen and oxygen atoms in total. The highest BCUT2D eigenvalue weighted by atomic mass is 35.5. The van der Waals surface area contributed by atoms with E-state index < -0.39 is 18.0 Å². The van der Waals surface area contributed by atoms with Gasteiger partial charge in [0.1, 0.15) is 0 Å². The zero-order valence-electron chi connectivity index (χ0n) is 11.3. The zero-order valence-corrected chi connectivity index (χ0v) is 12.1. The lowest BCUT2D eigenvalue weighted by atomic mass is 10.0. The summed E-state index contributed by atoms with van der Waals surface area (Å²) in [5.74, 6) is -1.08. The van der Waals surface area contributed by atoms with Crippen molar-refractivity contribution < 1.29 is 24.2 Å². The predicted molar refractivity (Wildman–Crippen MR) is 74.8 cm³/mol. The van der Waals surface area contributed by atoms with Crippen LogP contribution in [0.4, 0.5) is 0 Å². The number of nitrogens with two attached hydrogens (primary N) is 1. The first-order valence-electron chi connectivity index (χ1n) is 5.86. The number of aromatic hydroxyl groups is 1. The van der Waals surface area contributed by atoms with Gasteiger partial charge in [0.25, 0.3) is 0 Å². The molecule has 0 radical (unpaired) electrons. The van der Waals surface area contributed by atoms with Crippen molar-refractivity contribution in [2.75, 3.05) is 6.61 Å². The quantitative estimate of drug-likeness (QED) is 0.634. The van der Waals surface area contributed by atoms with E-state index in [-0.39, 0.29) is 30.3 Å². The molecule has 0 heterocycles. The van der Waals surface area contributed by atoms with E-state index in [9.17, 15) is 14.7 Å². The molecule has 0 aliphatic rings. The molecule has 0 aliphatic carbocycles. The number of phenolic OH excluding ortho intramolecular Hbond substituents is 1. The summed E-state index contributed by atoms with van der Waals surface area (Å²) in [6.45, 7) is 3.24. The number of hydrogen-bond donors (Lipinski definition) is 2. The molecule has 0 bridgehead atoms. The molecule has 1 atom stereocenters. The molecule has 7 heteroatoms. The van der Waals surface area contributed by atoms with Gasteiger partial charge < -0.3 is 20.3 Å². The fourth-order valence-electron chi connectivity index (χ4n) is 1.52. The summed E-state index contributed by atoms with van der Waals surface area (Å²) in [5, 5.41) is 9.68. The summed E-state index contributed by atoms with van der Waals surface area (Å²) < 4.78 is 9.57. The molecule has 20 heavy (non-hydrogen) atoms. The maximum atomic E-state index is 11.3. The minimum Gasteiger partial charge on any atom is -0.504 e. The lowest BCUT2D eigenvalue weighted by molar-refractivity contribution is -0.143. The Labute approximate surface area is 123 Å². The molecular formula is C13H18ClNO5. The molecule has 0 aromatic heterocycles. The monoisotopic (exact) mass is 303 g/mol. The van der Waals surface area contributed by atoms with Gasteiger partial charge in [-0.05, 0) is 24.6 Å². The highest BCUT2D eigenvalue weighted by Crippen LogP contribution is 2.29. The third-order valence-corrected chi connectivity index (χ3v) is 2.36. The van der Waals surface area contributed by atoms with Crippen LogP contribution in [0, 0.1) is 0 Å². The standard InChI is InChI=1S/C13H17NO5.ClH/c1-3-18-13(17)7-10(14)9-4-5-12(11(16)6-9)19-8(2)15;/h4-6,10,16H,3,7,14H2,1-2H3;1H/t10-;/m1./s1. The van der Waals surface area contributed by atoms with Gasteiger partial charge in [-0.15, -0.1) is 12.4 Å². The summed E-state index contributed by atoms with van der Waals surface area (Å²) in [7, 11) is 0. The maximum Gasteiger partial charge on any atom is 0.308 e. The minimum absolute atomic E-state index is 0. The van der Waals surface area contributed by atoms with E-state index in [0.717, 1.165) is 0 Å². The van der Waals surface area contributed by atoms with Gasteiger partial charge in [-0.2, -0.15) is 0 Å². The first-order valence-corrected chi connectivity index (χ1v) is 5.86. The molecule has 1 rings (SSSR count). The lowest BCUT2D eigenvalue weighted by Crippen LogP contribution is -2.17. The molecule has 0 aliphatic heterocycles. The van der Waals surface area contributed by atoms with Crippen molar-refractivity contribution in [2.24, 2.45) is 5.73 Å². The Morgan fingerprint density at radius 1 is 1.40 bits per heavy atom. The van der Waals surface area contributed by atoms with Gasteiger partial charge in [0.15, 0.2) is 11.5 Å². The summed E-state index contributed by atoms with van der Waals surface area (Å²) in [5.41, 5.74) is 6.38. The summed E-state index contributed by atoms with van der Waals surface area (Å²) in [6, 6.07) is 3.79. The van der Waals surface area contributed by atoms with Crippen LogP contribution in [0.2, 0.25) is 0 Å². The van der Waals surface area contributed by atoms with Crippen LogP contribution < -0.4 is 10.5 Å². The number of esters is 2. The van der Waals surface area contributed by atoms with Gasteiger partial charge >= 0.3 is 11.9 Å². The van der Waals surface area contributed by atoms with E-state index >= 15 is 0 Å². The van der Waals surface area contributed by atoms with Gasteiger partial charge in [-0.25, -0.2) is 0 Å². The van der Waals surface area contributed by atoms with E-state index in [1.165, 1.54) is 19.1 Å². The van der Waals surface area contributed by atoms with E-state index in [0.29, 0.717) is 12.2 Å². The Balaban J connectivity index is 0.00000361. The van der Waals surface area contributed by atoms with Gasteiger partial charge in [0.2, 0.25) is 0 Å². The minimum atomic E-state index is -0.587. The molecule has 0 saturated carbocycles. The van der Waals surface area contributed by atoms with E-state index in [4.69, 9.17) is 15.2 Å². The van der Waals surface area contributed by atoms with Crippen molar-refractivity contribution in [3.05, 3.63) is 23.8 Å². The lowest BCUT2D eigenvalue weighted by Gasteiger charge is -2.13. The Bertz CT molecular complexity index is 478. The van der Waals surface area contributed by atoms with Gasteiger partial charge in [-0.1, -0.05) is 6.07 Å². The van der Waals surface area contributed by atoms with Crippen LogP contribution in [-0.2, 0) is 14.3 Å². The highest BCUT2D eigenvalue weighted by molar-refractivity contribution is 5.85.